The quantitative estimate of drug-likeness (QED) is 0.481. The van der Waals surface area contributed by atoms with E-state index < -0.39 is 5.97 Å². The van der Waals surface area contributed by atoms with Gasteiger partial charge in [-0.1, -0.05) is 0 Å². The highest BCUT2D eigenvalue weighted by atomic mass is 16.5. The second kappa shape index (κ2) is 4.80. The number of carbonyl (C=O) groups is 2. The van der Waals surface area contributed by atoms with E-state index in [1.54, 1.807) is 6.92 Å². The smallest absolute Gasteiger partial charge is 0.331 e. The van der Waals surface area contributed by atoms with Crippen molar-refractivity contribution in [1.29, 1.82) is 0 Å². The summed E-state index contributed by atoms with van der Waals surface area (Å²) >= 11 is 0. The fourth-order valence-electron chi connectivity index (χ4n) is 1.38. The number of Topliss-reactive ketones (excluding diaryl/α,β-unsaturated/α-hetero) is 1. The Bertz CT molecular complexity index is 241. The summed E-state index contributed by atoms with van der Waals surface area (Å²) in [4.78, 5) is 22.3. The maximum atomic E-state index is 11.3. The van der Waals surface area contributed by atoms with Crippen molar-refractivity contribution in [2.45, 2.75) is 32.6 Å². The van der Waals surface area contributed by atoms with Gasteiger partial charge in [-0.05, 0) is 26.2 Å². The normalized spacial score (nSPS) is 20.4. The third-order valence-electron chi connectivity index (χ3n) is 2.04. The van der Waals surface area contributed by atoms with E-state index in [2.05, 4.69) is 0 Å². The first-order valence-corrected chi connectivity index (χ1v) is 4.64. The minimum absolute atomic E-state index is 0.0966. The number of hydrogen-bond donors (Lipinski definition) is 0. The summed E-state index contributed by atoms with van der Waals surface area (Å²) in [6.45, 7) is 2.11. The van der Waals surface area contributed by atoms with Crippen LogP contribution in [0.4, 0.5) is 0 Å². The number of hydrogen-bond acceptors (Lipinski definition) is 3. The summed E-state index contributed by atoms with van der Waals surface area (Å²) < 4.78 is 4.73. The average molecular weight is 182 g/mol. The fraction of sp³-hybridized carbons (Fsp3) is 0.600. The minimum atomic E-state index is -0.396. The van der Waals surface area contributed by atoms with E-state index >= 15 is 0 Å². The number of allylic oxidation sites excluding steroid dienone is 1. The van der Waals surface area contributed by atoms with Gasteiger partial charge in [-0.25, -0.2) is 4.79 Å². The molecule has 0 spiro atoms. The first-order valence-electron chi connectivity index (χ1n) is 4.64. The molecule has 0 aromatic rings. The van der Waals surface area contributed by atoms with Crippen LogP contribution in [0.2, 0.25) is 0 Å². The van der Waals surface area contributed by atoms with E-state index in [1.807, 2.05) is 0 Å². The molecule has 0 aliphatic heterocycles. The maximum absolute atomic E-state index is 11.3. The molecule has 3 heteroatoms. The SMILES string of the molecule is CCOC(=O)/C=C1/CCCCC1=O. The molecule has 3 nitrogen and oxygen atoms in total. The van der Waals surface area contributed by atoms with Crippen LogP contribution in [0.3, 0.4) is 0 Å². The van der Waals surface area contributed by atoms with Gasteiger partial charge >= 0.3 is 5.97 Å². The predicted molar refractivity (Wildman–Crippen MR) is 48.2 cm³/mol. The van der Waals surface area contributed by atoms with Crippen molar-refractivity contribution in [1.82, 2.24) is 0 Å². The summed E-state index contributed by atoms with van der Waals surface area (Å²) in [6.07, 6.45) is 4.57. The molecule has 72 valence electrons. The topological polar surface area (TPSA) is 43.4 Å². The van der Waals surface area contributed by atoms with Gasteiger partial charge in [0.2, 0.25) is 0 Å². The van der Waals surface area contributed by atoms with Crippen LogP contribution in [0.1, 0.15) is 32.6 Å². The van der Waals surface area contributed by atoms with Gasteiger partial charge in [0.25, 0.3) is 0 Å². The third kappa shape index (κ3) is 3.01. The first kappa shape index (κ1) is 9.96. The Kier molecular flexibility index (Phi) is 3.68. The molecule has 0 unspecified atom stereocenters. The molecule has 1 aliphatic carbocycles. The highest BCUT2D eigenvalue weighted by molar-refractivity contribution is 6.01. The second-order valence-electron chi connectivity index (χ2n) is 3.05. The van der Waals surface area contributed by atoms with Crippen LogP contribution in [0.25, 0.3) is 0 Å². The number of rotatable bonds is 2. The Labute approximate surface area is 77.8 Å². The number of esters is 1. The lowest BCUT2D eigenvalue weighted by Gasteiger charge is -2.11. The largest absolute Gasteiger partial charge is 0.463 e. The Hall–Kier alpha value is -1.12. The number of ether oxygens (including phenoxy) is 1. The summed E-state index contributed by atoms with van der Waals surface area (Å²) in [6, 6.07) is 0. The van der Waals surface area contributed by atoms with Crippen molar-refractivity contribution < 1.29 is 14.3 Å². The molecule has 0 heterocycles. The highest BCUT2D eigenvalue weighted by Crippen LogP contribution is 2.19. The zero-order valence-corrected chi connectivity index (χ0v) is 7.84. The third-order valence-corrected chi connectivity index (χ3v) is 2.04. The van der Waals surface area contributed by atoms with E-state index in [1.165, 1.54) is 6.08 Å². The standard InChI is InChI=1S/C10H14O3/c1-2-13-10(12)7-8-5-3-4-6-9(8)11/h7H,2-6H2,1H3/b8-7-. The molecule has 1 rings (SSSR count). The van der Waals surface area contributed by atoms with Gasteiger partial charge in [-0.2, -0.15) is 0 Å². The lowest BCUT2D eigenvalue weighted by atomic mass is 9.93. The van der Waals surface area contributed by atoms with Crippen LogP contribution in [-0.4, -0.2) is 18.4 Å². The molecule has 0 bridgehead atoms. The highest BCUT2D eigenvalue weighted by Gasteiger charge is 2.15. The van der Waals surface area contributed by atoms with Crippen molar-refractivity contribution in [3.63, 3.8) is 0 Å². The van der Waals surface area contributed by atoms with Gasteiger partial charge in [0.05, 0.1) is 6.61 Å². The van der Waals surface area contributed by atoms with E-state index in [4.69, 9.17) is 4.74 Å². The molecule has 0 atom stereocenters. The van der Waals surface area contributed by atoms with Crippen molar-refractivity contribution in [2.75, 3.05) is 6.61 Å². The first-order chi connectivity index (χ1) is 6.24. The van der Waals surface area contributed by atoms with Gasteiger partial charge in [-0.15, -0.1) is 0 Å². The van der Waals surface area contributed by atoms with Crippen LogP contribution in [0.15, 0.2) is 11.6 Å². The van der Waals surface area contributed by atoms with Crippen LogP contribution >= 0.6 is 0 Å². The number of carbonyl (C=O) groups excluding carboxylic acids is 2. The molecule has 1 fully saturated rings. The zero-order chi connectivity index (χ0) is 9.68. The van der Waals surface area contributed by atoms with Crippen molar-refractivity contribution in [2.24, 2.45) is 0 Å². The Morgan fingerprint density at radius 3 is 2.77 bits per heavy atom. The summed E-state index contributed by atoms with van der Waals surface area (Å²) in [5.41, 5.74) is 0.629. The van der Waals surface area contributed by atoms with Gasteiger partial charge in [0.15, 0.2) is 5.78 Å². The molecule has 0 aromatic carbocycles. The molecular weight excluding hydrogens is 168 g/mol. The fourth-order valence-corrected chi connectivity index (χ4v) is 1.38. The predicted octanol–water partition coefficient (Wildman–Crippen LogP) is 1.62. The van der Waals surface area contributed by atoms with Gasteiger partial charge in [-0.3, -0.25) is 4.79 Å². The molecule has 0 N–H and O–H groups in total. The molecule has 1 saturated carbocycles. The molecule has 0 amide bonds. The van der Waals surface area contributed by atoms with Crippen molar-refractivity contribution in [3.8, 4) is 0 Å². The lowest BCUT2D eigenvalue weighted by molar-refractivity contribution is -0.137. The summed E-state index contributed by atoms with van der Waals surface area (Å²) in [5.74, 6) is -0.299. The molecule has 0 saturated heterocycles. The molecule has 0 radical (unpaired) electrons. The van der Waals surface area contributed by atoms with Crippen molar-refractivity contribution >= 4 is 11.8 Å². The van der Waals surface area contributed by atoms with Crippen molar-refractivity contribution in [3.05, 3.63) is 11.6 Å². The second-order valence-corrected chi connectivity index (χ2v) is 3.05. The summed E-state index contributed by atoms with van der Waals surface area (Å²) in [5, 5.41) is 0. The van der Waals surface area contributed by atoms with E-state index in [-0.39, 0.29) is 5.78 Å². The minimum Gasteiger partial charge on any atom is -0.463 e. The van der Waals surface area contributed by atoms with Crippen LogP contribution in [0.5, 0.6) is 0 Å². The average Bonchev–Trinajstić information content (AvgIpc) is 2.09. The molecule has 0 aromatic heterocycles. The molecule has 13 heavy (non-hydrogen) atoms. The monoisotopic (exact) mass is 182 g/mol. The Morgan fingerprint density at radius 2 is 2.15 bits per heavy atom. The zero-order valence-electron chi connectivity index (χ0n) is 7.84. The molecule has 1 aliphatic rings. The van der Waals surface area contributed by atoms with Gasteiger partial charge in [0, 0.05) is 18.1 Å². The van der Waals surface area contributed by atoms with Crippen LogP contribution < -0.4 is 0 Å². The van der Waals surface area contributed by atoms with E-state index in [9.17, 15) is 9.59 Å². The summed E-state index contributed by atoms with van der Waals surface area (Å²) in [7, 11) is 0. The Balaban J connectivity index is 2.57. The maximum Gasteiger partial charge on any atom is 0.331 e. The van der Waals surface area contributed by atoms with Gasteiger partial charge in [0.1, 0.15) is 0 Å². The van der Waals surface area contributed by atoms with E-state index in [0.29, 0.717) is 18.6 Å². The lowest BCUT2D eigenvalue weighted by Crippen LogP contribution is -2.11. The molecular formula is C10H14O3. The van der Waals surface area contributed by atoms with E-state index in [0.717, 1.165) is 19.3 Å². The number of ketones is 1. The van der Waals surface area contributed by atoms with Gasteiger partial charge < -0.3 is 4.74 Å². The van der Waals surface area contributed by atoms with Crippen LogP contribution in [0, 0.1) is 0 Å². The Morgan fingerprint density at radius 1 is 1.46 bits per heavy atom. The van der Waals surface area contributed by atoms with Crippen LogP contribution in [-0.2, 0) is 14.3 Å².